The fourth-order valence-electron chi connectivity index (χ4n) is 1.39. The summed E-state index contributed by atoms with van der Waals surface area (Å²) in [7, 11) is 0. The molecule has 0 heterocycles. The van der Waals surface area contributed by atoms with E-state index in [1.807, 2.05) is 0 Å². The first-order valence-electron chi connectivity index (χ1n) is 6.59. The molecule has 0 saturated carbocycles. The van der Waals surface area contributed by atoms with Crippen molar-refractivity contribution in [3.8, 4) is 11.5 Å². The summed E-state index contributed by atoms with van der Waals surface area (Å²) in [6.45, 7) is 2.98. The van der Waals surface area contributed by atoms with Crippen molar-refractivity contribution >= 4 is 11.8 Å². The van der Waals surface area contributed by atoms with Gasteiger partial charge in [-0.15, -0.1) is 0 Å². The van der Waals surface area contributed by atoms with Crippen LogP contribution in [0.15, 0.2) is 58.3 Å². The van der Waals surface area contributed by atoms with E-state index in [2.05, 4.69) is 6.92 Å². The number of hydrogen-bond acceptors (Lipinski definition) is 4. The summed E-state index contributed by atoms with van der Waals surface area (Å²) in [5.74, 6) is -0.100. The van der Waals surface area contributed by atoms with Gasteiger partial charge in [-0.05, 0) is 25.1 Å². The van der Waals surface area contributed by atoms with Gasteiger partial charge in [-0.3, -0.25) is 0 Å². The van der Waals surface area contributed by atoms with E-state index in [1.165, 1.54) is 36.7 Å². The molecule has 5 heteroatoms. The Morgan fingerprint density at radius 3 is 1.62 bits per heavy atom. The Morgan fingerprint density at radius 1 is 0.905 bits per heavy atom. The molecule has 2 N–H and O–H groups in total. The predicted octanol–water partition coefficient (Wildman–Crippen LogP) is 2.73. The van der Waals surface area contributed by atoms with Crippen LogP contribution in [0.4, 0.5) is 0 Å². The first-order chi connectivity index (χ1) is 9.69. The van der Waals surface area contributed by atoms with Crippen molar-refractivity contribution in [1.82, 2.24) is 0 Å². The van der Waals surface area contributed by atoms with Crippen LogP contribution in [0.2, 0.25) is 0 Å². The van der Waals surface area contributed by atoms with Crippen molar-refractivity contribution in [1.29, 1.82) is 0 Å². The molecule has 0 spiro atoms. The van der Waals surface area contributed by atoms with E-state index in [4.69, 9.17) is 5.73 Å². The van der Waals surface area contributed by atoms with Crippen molar-refractivity contribution < 1.29 is 26.7 Å². The van der Waals surface area contributed by atoms with Crippen LogP contribution in [-0.2, 0) is 16.5 Å². The minimum Gasteiger partial charge on any atom is -0.872 e. The number of unbranched alkanes of at least 4 members (excludes halogenated alkanes) is 1. The van der Waals surface area contributed by atoms with E-state index in [0.717, 1.165) is 6.54 Å². The van der Waals surface area contributed by atoms with Crippen LogP contribution < -0.4 is 15.9 Å². The Kier molecular flexibility index (Phi) is 10.9. The van der Waals surface area contributed by atoms with Crippen LogP contribution >= 0.6 is 11.8 Å². The molecular formula is C16H19NNiO2S. The molecule has 0 aliphatic heterocycles. The normalized spacial score (nSPS) is 9.24. The molecular weight excluding hydrogens is 329 g/mol. The second-order valence-corrected chi connectivity index (χ2v) is 5.22. The van der Waals surface area contributed by atoms with Gasteiger partial charge in [-0.25, -0.2) is 0 Å². The number of hydrogen-bond donors (Lipinski definition) is 1. The maximum absolute atomic E-state index is 11.4. The molecule has 0 amide bonds. The van der Waals surface area contributed by atoms with Crippen molar-refractivity contribution in [2.45, 2.75) is 29.6 Å². The molecule has 0 unspecified atom stereocenters. The molecule has 0 aliphatic rings. The van der Waals surface area contributed by atoms with E-state index < -0.39 is 0 Å². The fraction of sp³-hybridized carbons (Fsp3) is 0.250. The minimum atomic E-state index is -0.0502. The van der Waals surface area contributed by atoms with E-state index in [-0.39, 0.29) is 28.0 Å². The van der Waals surface area contributed by atoms with Gasteiger partial charge in [0.2, 0.25) is 0 Å². The average Bonchev–Trinajstić information content (AvgIpc) is 2.45. The molecule has 116 valence electrons. The van der Waals surface area contributed by atoms with Gasteiger partial charge >= 0.3 is 16.5 Å². The summed E-state index contributed by atoms with van der Waals surface area (Å²) >= 11 is 1.22. The number of benzene rings is 2. The Hall–Kier alpha value is -1.16. The second-order valence-electron chi connectivity index (χ2n) is 4.14. The SMILES string of the molecule is CCCCN.[Ni+2].[O-]c1ccccc1Sc1ccccc1[O-]. The van der Waals surface area contributed by atoms with Crippen LogP contribution in [0.1, 0.15) is 19.8 Å². The largest absolute Gasteiger partial charge is 2.00 e. The standard InChI is InChI=1S/C12H10O2S.C4H11N.Ni/c13-9-5-1-3-7-11(9)15-12-8-4-2-6-10(12)14;1-2-3-4-5;/h1-8,13-14H;2-5H2,1H3;/q;;+2/p-2. The van der Waals surface area contributed by atoms with Gasteiger partial charge in [-0.1, -0.05) is 73.0 Å². The summed E-state index contributed by atoms with van der Waals surface area (Å²) in [4.78, 5) is 1.17. The Bertz CT molecular complexity index is 478. The molecule has 21 heavy (non-hydrogen) atoms. The Morgan fingerprint density at radius 2 is 1.33 bits per heavy atom. The minimum absolute atomic E-state index is 0. The van der Waals surface area contributed by atoms with Crippen LogP contribution in [-0.4, -0.2) is 6.54 Å². The molecule has 0 saturated heterocycles. The number of rotatable bonds is 4. The third-order valence-corrected chi connectivity index (χ3v) is 3.59. The molecule has 2 rings (SSSR count). The van der Waals surface area contributed by atoms with E-state index in [0.29, 0.717) is 9.79 Å². The molecule has 0 radical (unpaired) electrons. The third kappa shape index (κ3) is 7.42. The zero-order chi connectivity index (χ0) is 14.8. The predicted molar refractivity (Wildman–Crippen MR) is 79.9 cm³/mol. The van der Waals surface area contributed by atoms with Gasteiger partial charge in [-0.2, -0.15) is 0 Å². The van der Waals surface area contributed by atoms with Crippen molar-refractivity contribution in [2.75, 3.05) is 6.54 Å². The zero-order valence-electron chi connectivity index (χ0n) is 11.9. The van der Waals surface area contributed by atoms with Gasteiger partial charge in [0.05, 0.1) is 0 Å². The molecule has 2 aromatic carbocycles. The fourth-order valence-corrected chi connectivity index (χ4v) is 2.26. The van der Waals surface area contributed by atoms with Crippen LogP contribution in [0.3, 0.4) is 0 Å². The maximum Gasteiger partial charge on any atom is 2.00 e. The average molecular weight is 348 g/mol. The van der Waals surface area contributed by atoms with Gasteiger partial charge in [0.1, 0.15) is 0 Å². The van der Waals surface area contributed by atoms with Crippen LogP contribution in [0, 0.1) is 0 Å². The van der Waals surface area contributed by atoms with Crippen LogP contribution in [0.25, 0.3) is 0 Å². The number of nitrogens with two attached hydrogens (primary N) is 1. The summed E-state index contributed by atoms with van der Waals surface area (Å²) in [5, 5.41) is 22.8. The molecule has 0 atom stereocenters. The van der Waals surface area contributed by atoms with E-state index in [9.17, 15) is 10.2 Å². The van der Waals surface area contributed by atoms with E-state index >= 15 is 0 Å². The van der Waals surface area contributed by atoms with Gasteiger partial charge in [0.15, 0.2) is 0 Å². The van der Waals surface area contributed by atoms with Crippen molar-refractivity contribution in [2.24, 2.45) is 5.73 Å². The van der Waals surface area contributed by atoms with Gasteiger partial charge < -0.3 is 15.9 Å². The first-order valence-corrected chi connectivity index (χ1v) is 7.40. The molecule has 0 aromatic heterocycles. The van der Waals surface area contributed by atoms with Gasteiger partial charge in [0.25, 0.3) is 0 Å². The zero-order valence-corrected chi connectivity index (χ0v) is 13.7. The number of para-hydroxylation sites is 2. The summed E-state index contributed by atoms with van der Waals surface area (Å²) in [6.07, 6.45) is 2.39. The van der Waals surface area contributed by atoms with Crippen LogP contribution in [0.5, 0.6) is 11.5 Å². The monoisotopic (exact) mass is 347 g/mol. The van der Waals surface area contributed by atoms with Crippen molar-refractivity contribution in [3.05, 3.63) is 48.5 Å². The molecule has 3 nitrogen and oxygen atoms in total. The quantitative estimate of drug-likeness (QED) is 0.863. The van der Waals surface area contributed by atoms with Crippen molar-refractivity contribution in [3.63, 3.8) is 0 Å². The maximum atomic E-state index is 11.4. The van der Waals surface area contributed by atoms with E-state index in [1.54, 1.807) is 36.4 Å². The second kappa shape index (κ2) is 11.5. The first kappa shape index (κ1) is 19.8. The summed E-state index contributed by atoms with van der Waals surface area (Å²) in [6, 6.07) is 13.4. The Labute approximate surface area is 140 Å². The third-order valence-electron chi connectivity index (χ3n) is 2.48. The summed E-state index contributed by atoms with van der Waals surface area (Å²) in [5.41, 5.74) is 5.14. The summed E-state index contributed by atoms with van der Waals surface area (Å²) < 4.78 is 0. The van der Waals surface area contributed by atoms with Gasteiger partial charge in [0, 0.05) is 9.79 Å². The molecule has 0 bridgehead atoms. The molecule has 0 fully saturated rings. The molecule has 2 aromatic rings. The topological polar surface area (TPSA) is 72.1 Å². The Balaban J connectivity index is 0.000000583. The molecule has 0 aliphatic carbocycles. The smallest absolute Gasteiger partial charge is 0.872 e.